The number of hydrogen-bond donors (Lipinski definition) is 1. The number of aromatic nitrogens is 4. The summed E-state index contributed by atoms with van der Waals surface area (Å²) in [7, 11) is 3.71. The smallest absolute Gasteiger partial charge is 0.245 e. The van der Waals surface area contributed by atoms with Crippen LogP contribution in [0.1, 0.15) is 6.42 Å². The van der Waals surface area contributed by atoms with E-state index in [0.717, 1.165) is 25.3 Å². The van der Waals surface area contributed by atoms with E-state index >= 15 is 0 Å². The molecule has 2 N–H and O–H groups in total. The molecule has 1 aliphatic heterocycles. The molecule has 0 bridgehead atoms. The van der Waals surface area contributed by atoms with Gasteiger partial charge in [0.05, 0.1) is 7.11 Å². The topological polar surface area (TPSA) is 82.1 Å². The van der Waals surface area contributed by atoms with E-state index in [4.69, 9.17) is 10.5 Å². The number of anilines is 1. The highest BCUT2D eigenvalue weighted by Crippen LogP contribution is 2.25. The predicted molar refractivity (Wildman–Crippen MR) is 71.9 cm³/mol. The number of rotatable bonds is 3. The molecule has 1 atom stereocenters. The fraction of sp³-hybridized carbons (Fsp3) is 0.583. The van der Waals surface area contributed by atoms with E-state index in [2.05, 4.69) is 26.9 Å². The second-order valence-electron chi connectivity index (χ2n) is 5.05. The van der Waals surface area contributed by atoms with Crippen molar-refractivity contribution in [1.82, 2.24) is 24.4 Å². The normalized spacial score (nSPS) is 20.2. The molecule has 3 heterocycles. The first-order chi connectivity index (χ1) is 9.19. The number of imidazole rings is 1. The Morgan fingerprint density at radius 3 is 3.00 bits per heavy atom. The summed E-state index contributed by atoms with van der Waals surface area (Å²) in [5.41, 5.74) is 7.39. The molecule has 7 heteroatoms. The Morgan fingerprint density at radius 1 is 1.47 bits per heavy atom. The first-order valence-electron chi connectivity index (χ1n) is 6.38. The summed E-state index contributed by atoms with van der Waals surface area (Å²) in [6.45, 7) is 3.06. The van der Waals surface area contributed by atoms with E-state index in [9.17, 15) is 0 Å². The Balaban J connectivity index is 1.97. The largest absolute Gasteiger partial charge is 0.479 e. The average Bonchev–Trinajstić information content (AvgIpc) is 2.94. The summed E-state index contributed by atoms with van der Waals surface area (Å²) in [4.78, 5) is 15.0. The molecule has 1 unspecified atom stereocenters. The molecule has 1 fully saturated rings. The molecule has 0 spiro atoms. The van der Waals surface area contributed by atoms with Crippen molar-refractivity contribution in [2.24, 2.45) is 5.92 Å². The Bertz CT molecular complexity index is 595. The quantitative estimate of drug-likeness (QED) is 0.860. The van der Waals surface area contributed by atoms with Crippen LogP contribution in [0.15, 0.2) is 6.33 Å². The van der Waals surface area contributed by atoms with Gasteiger partial charge in [-0.1, -0.05) is 0 Å². The molecule has 0 aliphatic carbocycles. The van der Waals surface area contributed by atoms with Crippen LogP contribution in [0.5, 0.6) is 5.88 Å². The van der Waals surface area contributed by atoms with E-state index < -0.39 is 0 Å². The van der Waals surface area contributed by atoms with Gasteiger partial charge >= 0.3 is 0 Å². The van der Waals surface area contributed by atoms with Gasteiger partial charge in [0.2, 0.25) is 11.8 Å². The third-order valence-corrected chi connectivity index (χ3v) is 3.65. The molecule has 0 saturated carbocycles. The Labute approximate surface area is 111 Å². The van der Waals surface area contributed by atoms with Crippen molar-refractivity contribution in [1.29, 1.82) is 0 Å². The van der Waals surface area contributed by atoms with Gasteiger partial charge in [-0.15, -0.1) is 0 Å². The van der Waals surface area contributed by atoms with Gasteiger partial charge < -0.3 is 15.4 Å². The standard InChI is InChI=1S/C12H18N6O/c1-17-4-3-8(5-17)6-18-10-9(16-12(18)13)11(19-2)15-7-14-10/h7-8H,3-6H2,1-2H3,(H2,13,16). The van der Waals surface area contributed by atoms with Crippen LogP contribution in [0, 0.1) is 5.92 Å². The van der Waals surface area contributed by atoms with Crippen LogP contribution in [-0.2, 0) is 6.54 Å². The minimum Gasteiger partial charge on any atom is -0.479 e. The molecular formula is C12H18N6O. The second-order valence-corrected chi connectivity index (χ2v) is 5.05. The first-order valence-corrected chi connectivity index (χ1v) is 6.38. The molecule has 0 aromatic carbocycles. The zero-order valence-corrected chi connectivity index (χ0v) is 11.2. The molecule has 19 heavy (non-hydrogen) atoms. The molecule has 7 nitrogen and oxygen atoms in total. The van der Waals surface area contributed by atoms with Gasteiger partial charge in [0, 0.05) is 13.1 Å². The molecule has 3 rings (SSSR count). The monoisotopic (exact) mass is 262 g/mol. The lowest BCUT2D eigenvalue weighted by atomic mass is 10.1. The molecule has 0 amide bonds. The fourth-order valence-electron chi connectivity index (χ4n) is 2.70. The van der Waals surface area contributed by atoms with E-state index in [1.807, 2.05) is 4.57 Å². The molecule has 1 aliphatic rings. The van der Waals surface area contributed by atoms with Gasteiger partial charge in [-0.05, 0) is 25.9 Å². The maximum atomic E-state index is 6.00. The van der Waals surface area contributed by atoms with Crippen molar-refractivity contribution in [3.63, 3.8) is 0 Å². The average molecular weight is 262 g/mol. The summed E-state index contributed by atoms with van der Waals surface area (Å²) >= 11 is 0. The Hall–Kier alpha value is -1.89. The molecule has 2 aromatic rings. The van der Waals surface area contributed by atoms with Crippen molar-refractivity contribution in [2.45, 2.75) is 13.0 Å². The van der Waals surface area contributed by atoms with Crippen LogP contribution in [0.3, 0.4) is 0 Å². The minimum absolute atomic E-state index is 0.471. The van der Waals surface area contributed by atoms with Crippen molar-refractivity contribution < 1.29 is 4.74 Å². The van der Waals surface area contributed by atoms with Crippen LogP contribution >= 0.6 is 0 Å². The first kappa shape index (κ1) is 12.2. The lowest BCUT2D eigenvalue weighted by Crippen LogP contribution is -2.18. The number of fused-ring (bicyclic) bond motifs is 1. The lowest BCUT2D eigenvalue weighted by Gasteiger charge is -2.12. The van der Waals surface area contributed by atoms with Gasteiger partial charge in [-0.25, -0.2) is 9.97 Å². The summed E-state index contributed by atoms with van der Waals surface area (Å²) in [5, 5.41) is 0. The van der Waals surface area contributed by atoms with Crippen molar-refractivity contribution >= 4 is 17.1 Å². The predicted octanol–water partition coefficient (Wildman–Crippen LogP) is 0.369. The van der Waals surface area contributed by atoms with E-state index in [1.165, 1.54) is 12.7 Å². The molecular weight excluding hydrogens is 244 g/mol. The van der Waals surface area contributed by atoms with Crippen molar-refractivity contribution in [3.05, 3.63) is 6.33 Å². The van der Waals surface area contributed by atoms with Crippen LogP contribution in [-0.4, -0.2) is 51.7 Å². The maximum Gasteiger partial charge on any atom is 0.245 e. The van der Waals surface area contributed by atoms with Gasteiger partial charge in [0.1, 0.15) is 6.33 Å². The zero-order valence-electron chi connectivity index (χ0n) is 11.2. The molecule has 1 saturated heterocycles. The highest BCUT2D eigenvalue weighted by atomic mass is 16.5. The number of nitrogens with two attached hydrogens (primary N) is 1. The Morgan fingerprint density at radius 2 is 2.32 bits per heavy atom. The van der Waals surface area contributed by atoms with E-state index in [1.54, 1.807) is 7.11 Å². The lowest BCUT2D eigenvalue weighted by molar-refractivity contribution is 0.380. The Kier molecular flexibility index (Phi) is 2.98. The van der Waals surface area contributed by atoms with Crippen LogP contribution in [0.2, 0.25) is 0 Å². The summed E-state index contributed by atoms with van der Waals surface area (Å²) in [6.07, 6.45) is 2.66. The van der Waals surface area contributed by atoms with Crippen LogP contribution < -0.4 is 10.5 Å². The summed E-state index contributed by atoms with van der Waals surface area (Å²) in [6, 6.07) is 0. The SMILES string of the molecule is COc1ncnc2c1nc(N)n2CC1CCN(C)C1. The van der Waals surface area contributed by atoms with Gasteiger partial charge in [-0.2, -0.15) is 4.98 Å². The molecule has 2 aromatic heterocycles. The van der Waals surface area contributed by atoms with Crippen molar-refractivity contribution in [3.8, 4) is 5.88 Å². The highest BCUT2D eigenvalue weighted by molar-refractivity contribution is 5.78. The number of nitrogen functional groups attached to an aromatic ring is 1. The second kappa shape index (κ2) is 4.65. The van der Waals surface area contributed by atoms with Gasteiger partial charge in [0.15, 0.2) is 11.2 Å². The van der Waals surface area contributed by atoms with Crippen molar-refractivity contribution in [2.75, 3.05) is 33.0 Å². The molecule has 102 valence electrons. The summed E-state index contributed by atoms with van der Waals surface area (Å²) in [5.74, 6) is 1.54. The highest BCUT2D eigenvalue weighted by Gasteiger charge is 2.23. The zero-order chi connectivity index (χ0) is 13.4. The van der Waals surface area contributed by atoms with E-state index in [-0.39, 0.29) is 0 Å². The van der Waals surface area contributed by atoms with Crippen LogP contribution in [0.25, 0.3) is 11.2 Å². The minimum atomic E-state index is 0.471. The maximum absolute atomic E-state index is 6.00. The summed E-state index contributed by atoms with van der Waals surface area (Å²) < 4.78 is 7.15. The molecule has 0 radical (unpaired) electrons. The third kappa shape index (κ3) is 2.10. The van der Waals surface area contributed by atoms with Gasteiger partial charge in [-0.3, -0.25) is 4.57 Å². The number of methoxy groups -OCH3 is 1. The van der Waals surface area contributed by atoms with Crippen LogP contribution in [0.4, 0.5) is 5.95 Å². The number of nitrogens with zero attached hydrogens (tertiary/aromatic N) is 5. The number of ether oxygens (including phenoxy) is 1. The number of likely N-dealkylation sites (tertiary alicyclic amines) is 1. The fourth-order valence-corrected chi connectivity index (χ4v) is 2.70. The van der Waals surface area contributed by atoms with E-state index in [0.29, 0.717) is 23.3 Å². The third-order valence-electron chi connectivity index (χ3n) is 3.65. The van der Waals surface area contributed by atoms with Gasteiger partial charge in [0.25, 0.3) is 0 Å². The number of hydrogen-bond acceptors (Lipinski definition) is 6.